The number of amidine groups is 1. The fourth-order valence-corrected chi connectivity index (χ4v) is 2.63. The molecule has 0 aliphatic carbocycles. The number of rotatable bonds is 12. The maximum absolute atomic E-state index is 12.5. The number of amides is 1. The van der Waals surface area contributed by atoms with Crippen LogP contribution in [-0.2, 0) is 4.79 Å². The highest BCUT2D eigenvalue weighted by molar-refractivity contribution is 5.91. The van der Waals surface area contributed by atoms with Crippen LogP contribution in [0.25, 0.3) is 0 Å². The second kappa shape index (κ2) is 14.2. The maximum atomic E-state index is 12.5. The SMILES string of the molecule is C=C/C(=C\N=C\CCF)CC1=CC(C(=O)NCCC(C)/N=C(N)\C=C\C)CC=N1. The number of halogens is 1. The van der Waals surface area contributed by atoms with Crippen molar-refractivity contribution in [1.29, 1.82) is 0 Å². The largest absolute Gasteiger partial charge is 0.384 e. The Morgan fingerprint density at radius 3 is 3.03 bits per heavy atom. The first-order valence-electron chi connectivity index (χ1n) is 9.86. The Morgan fingerprint density at radius 1 is 1.55 bits per heavy atom. The van der Waals surface area contributed by atoms with Gasteiger partial charge in [-0.05, 0) is 44.4 Å². The van der Waals surface area contributed by atoms with Gasteiger partial charge in [-0.1, -0.05) is 18.7 Å². The summed E-state index contributed by atoms with van der Waals surface area (Å²) >= 11 is 0. The van der Waals surface area contributed by atoms with Gasteiger partial charge >= 0.3 is 0 Å². The van der Waals surface area contributed by atoms with Crippen molar-refractivity contribution in [2.75, 3.05) is 13.2 Å². The molecule has 0 spiro atoms. The molecule has 0 aromatic rings. The summed E-state index contributed by atoms with van der Waals surface area (Å²) in [6.07, 6.45) is 14.2. The molecule has 0 saturated heterocycles. The van der Waals surface area contributed by atoms with Crippen molar-refractivity contribution in [2.24, 2.45) is 26.6 Å². The van der Waals surface area contributed by atoms with Crippen molar-refractivity contribution in [2.45, 2.75) is 45.6 Å². The molecule has 0 bridgehead atoms. The Morgan fingerprint density at radius 2 is 2.34 bits per heavy atom. The first-order chi connectivity index (χ1) is 14.0. The van der Waals surface area contributed by atoms with Crippen molar-refractivity contribution in [1.82, 2.24) is 5.32 Å². The molecule has 0 aromatic heterocycles. The number of hydrogen-bond acceptors (Lipinski definition) is 4. The number of nitrogens with two attached hydrogens (primary N) is 1. The van der Waals surface area contributed by atoms with E-state index in [2.05, 4.69) is 26.9 Å². The molecular weight excluding hydrogens is 369 g/mol. The molecule has 1 rings (SSSR count). The fourth-order valence-electron chi connectivity index (χ4n) is 2.63. The third-order valence-electron chi connectivity index (χ3n) is 4.15. The quantitative estimate of drug-likeness (QED) is 0.297. The van der Waals surface area contributed by atoms with Crippen LogP contribution in [0.15, 0.2) is 63.3 Å². The van der Waals surface area contributed by atoms with Gasteiger partial charge in [0.2, 0.25) is 5.91 Å². The third kappa shape index (κ3) is 10.3. The van der Waals surface area contributed by atoms with Gasteiger partial charge < -0.3 is 11.1 Å². The summed E-state index contributed by atoms with van der Waals surface area (Å²) in [5.74, 6) is 0.203. The lowest BCUT2D eigenvalue weighted by molar-refractivity contribution is -0.123. The minimum atomic E-state index is -0.429. The lowest BCUT2D eigenvalue weighted by Gasteiger charge is -2.17. The highest BCUT2D eigenvalue weighted by Crippen LogP contribution is 2.21. The molecule has 1 heterocycles. The normalized spacial score (nSPS) is 18.9. The predicted molar refractivity (Wildman–Crippen MR) is 120 cm³/mol. The van der Waals surface area contributed by atoms with Crippen LogP contribution in [0.4, 0.5) is 4.39 Å². The lowest BCUT2D eigenvalue weighted by Crippen LogP contribution is -2.32. The molecule has 3 N–H and O–H groups in total. The average Bonchev–Trinajstić information content (AvgIpc) is 2.70. The molecule has 1 aliphatic heterocycles. The van der Waals surface area contributed by atoms with E-state index in [4.69, 9.17) is 5.73 Å². The number of hydrogen-bond donors (Lipinski definition) is 2. The number of carbonyl (C=O) groups excluding carboxylic acids is 1. The van der Waals surface area contributed by atoms with Crippen molar-refractivity contribution >= 4 is 24.2 Å². The van der Waals surface area contributed by atoms with Crippen LogP contribution < -0.4 is 11.1 Å². The van der Waals surface area contributed by atoms with Gasteiger partial charge in [-0.2, -0.15) is 0 Å². The number of aliphatic imine (C=N–C) groups is 3. The number of alkyl halides is 1. The van der Waals surface area contributed by atoms with Crippen LogP contribution in [-0.4, -0.2) is 43.4 Å². The van der Waals surface area contributed by atoms with E-state index in [-0.39, 0.29) is 24.3 Å². The van der Waals surface area contributed by atoms with E-state index in [1.54, 1.807) is 24.6 Å². The molecule has 1 aliphatic rings. The Hall–Kier alpha value is -2.83. The van der Waals surface area contributed by atoms with Gasteiger partial charge in [0.25, 0.3) is 0 Å². The molecule has 0 fully saturated rings. The minimum Gasteiger partial charge on any atom is -0.384 e. The first-order valence-corrected chi connectivity index (χ1v) is 9.86. The summed E-state index contributed by atoms with van der Waals surface area (Å²) in [7, 11) is 0. The Bertz CT molecular complexity index is 719. The fraction of sp³-hybridized carbons (Fsp3) is 0.455. The van der Waals surface area contributed by atoms with Crippen LogP contribution in [0.5, 0.6) is 0 Å². The standard InChI is InChI=1S/C22H32FN5O/c1-4-7-21(24)28-17(3)8-12-27-22(29)19-9-13-26-20(15-19)14-18(5-2)16-25-11-6-10-23/h4-5,7,11,13,15-17,19H,2,6,8-10,12,14H2,1,3H3,(H2,24,28)(H,27,29)/b7-4+,18-16+,25-11+. The monoisotopic (exact) mass is 401 g/mol. The Kier molecular flexibility index (Phi) is 11.9. The van der Waals surface area contributed by atoms with Crippen molar-refractivity contribution in [3.05, 3.63) is 48.4 Å². The van der Waals surface area contributed by atoms with Gasteiger partial charge in [0.05, 0.1) is 18.6 Å². The van der Waals surface area contributed by atoms with Gasteiger partial charge in [-0.25, -0.2) is 0 Å². The van der Waals surface area contributed by atoms with E-state index in [1.807, 2.05) is 26.0 Å². The Balaban J connectivity index is 2.56. The zero-order valence-corrected chi connectivity index (χ0v) is 17.4. The zero-order valence-electron chi connectivity index (χ0n) is 17.4. The van der Waals surface area contributed by atoms with E-state index < -0.39 is 6.67 Å². The molecule has 0 radical (unpaired) electrons. The topological polar surface area (TPSA) is 92.2 Å². The van der Waals surface area contributed by atoms with Crippen molar-refractivity contribution in [3.8, 4) is 0 Å². The van der Waals surface area contributed by atoms with Crippen molar-refractivity contribution in [3.63, 3.8) is 0 Å². The van der Waals surface area contributed by atoms with E-state index in [0.29, 0.717) is 31.6 Å². The molecule has 6 nitrogen and oxygen atoms in total. The molecule has 2 unspecified atom stereocenters. The summed E-state index contributed by atoms with van der Waals surface area (Å²) in [6, 6.07) is 0.0313. The first kappa shape index (κ1) is 24.2. The molecule has 29 heavy (non-hydrogen) atoms. The average molecular weight is 402 g/mol. The van der Waals surface area contributed by atoms with E-state index in [1.165, 1.54) is 6.21 Å². The van der Waals surface area contributed by atoms with Gasteiger partial charge in [0.1, 0.15) is 5.84 Å². The maximum Gasteiger partial charge on any atom is 0.227 e. The molecule has 7 heteroatoms. The van der Waals surface area contributed by atoms with Crippen molar-refractivity contribution < 1.29 is 9.18 Å². The zero-order chi connectivity index (χ0) is 21.5. The van der Waals surface area contributed by atoms with Gasteiger partial charge in [-0.3, -0.25) is 24.2 Å². The van der Waals surface area contributed by atoms with E-state index in [9.17, 15) is 9.18 Å². The summed E-state index contributed by atoms with van der Waals surface area (Å²) in [4.78, 5) is 25.2. The van der Waals surface area contributed by atoms with Crippen LogP contribution in [0.2, 0.25) is 0 Å². The van der Waals surface area contributed by atoms with Gasteiger partial charge in [0, 0.05) is 43.7 Å². The van der Waals surface area contributed by atoms with Crippen LogP contribution >= 0.6 is 0 Å². The van der Waals surface area contributed by atoms with Crippen LogP contribution in [0, 0.1) is 5.92 Å². The molecule has 0 saturated carbocycles. The molecule has 158 valence electrons. The summed E-state index contributed by atoms with van der Waals surface area (Å²) < 4.78 is 12.1. The second-order valence-corrected chi connectivity index (χ2v) is 6.69. The smallest absolute Gasteiger partial charge is 0.227 e. The second-order valence-electron chi connectivity index (χ2n) is 6.69. The number of nitrogens with one attached hydrogen (secondary N) is 1. The van der Waals surface area contributed by atoms with Crippen LogP contribution in [0.3, 0.4) is 0 Å². The molecule has 0 aromatic carbocycles. The number of nitrogens with zero attached hydrogens (tertiary/aromatic N) is 3. The minimum absolute atomic E-state index is 0.0312. The highest BCUT2D eigenvalue weighted by Gasteiger charge is 2.18. The summed E-state index contributed by atoms with van der Waals surface area (Å²) in [5, 5.41) is 2.96. The molecule has 2 atom stereocenters. The number of allylic oxidation sites excluding steroid dienone is 3. The number of carbonyl (C=O) groups is 1. The summed E-state index contributed by atoms with van der Waals surface area (Å²) in [6.45, 7) is 7.72. The molecular formula is C22H32FN5O. The lowest BCUT2D eigenvalue weighted by atomic mass is 9.99. The van der Waals surface area contributed by atoms with Gasteiger partial charge in [0.15, 0.2) is 0 Å². The molecule has 1 amide bonds. The van der Waals surface area contributed by atoms with Gasteiger partial charge in [-0.15, -0.1) is 0 Å². The third-order valence-corrected chi connectivity index (χ3v) is 4.15. The summed E-state index contributed by atoms with van der Waals surface area (Å²) in [5.41, 5.74) is 7.41. The van der Waals surface area contributed by atoms with Crippen LogP contribution in [0.1, 0.15) is 39.5 Å². The van der Waals surface area contributed by atoms with E-state index in [0.717, 1.165) is 11.3 Å². The Labute approximate surface area is 173 Å². The highest BCUT2D eigenvalue weighted by atomic mass is 19.1. The predicted octanol–water partition coefficient (Wildman–Crippen LogP) is 3.68. The van der Waals surface area contributed by atoms with E-state index >= 15 is 0 Å².